The van der Waals surface area contributed by atoms with Crippen molar-refractivity contribution in [1.29, 1.82) is 26.3 Å². The molecule has 7 heteroatoms. The molecule has 0 aliphatic rings. The average Bonchev–Trinajstić information content (AvgIpc) is 2.20. The summed E-state index contributed by atoms with van der Waals surface area (Å²) in [5.41, 5.74) is 0. The van der Waals surface area contributed by atoms with Crippen molar-refractivity contribution in [3.05, 3.63) is 32.9 Å². The summed E-state index contributed by atoms with van der Waals surface area (Å²) in [4.78, 5) is 0. The first-order valence-electron chi connectivity index (χ1n) is 1.12. The van der Waals surface area contributed by atoms with Crippen LogP contribution in [-0.2, 0) is 20.1 Å². The second-order valence-electron chi connectivity index (χ2n) is 0. The fraction of sp³-hybridized carbons (Fsp3) is 0. The van der Waals surface area contributed by atoms with Crippen LogP contribution in [0.5, 0.6) is 0 Å². The van der Waals surface area contributed by atoms with E-state index < -0.39 is 0 Å². The molecular formula is C5IrKN5-4. The van der Waals surface area contributed by atoms with Crippen LogP contribution in [0.1, 0.15) is 0 Å². The van der Waals surface area contributed by atoms with Gasteiger partial charge in [0.25, 0.3) is 0 Å². The van der Waals surface area contributed by atoms with Gasteiger partial charge in [0, 0.05) is 20.1 Å². The van der Waals surface area contributed by atoms with E-state index in [-0.39, 0.29) is 71.5 Å². The van der Waals surface area contributed by atoms with Gasteiger partial charge in [0.05, 0.1) is 0 Å². The quantitative estimate of drug-likeness (QED) is 0.348. The summed E-state index contributed by atoms with van der Waals surface area (Å²) in [6.07, 6.45) is 0. The number of hydrogen-bond acceptors (Lipinski definition) is 5. The summed E-state index contributed by atoms with van der Waals surface area (Å²) in [7, 11) is 0. The van der Waals surface area contributed by atoms with Gasteiger partial charge in [-0.1, -0.05) is 0 Å². The van der Waals surface area contributed by atoms with Crippen LogP contribution in [0.15, 0.2) is 0 Å². The van der Waals surface area contributed by atoms with Gasteiger partial charge in [-0.2, -0.15) is 0 Å². The van der Waals surface area contributed by atoms with Crippen LogP contribution >= 0.6 is 0 Å². The van der Waals surface area contributed by atoms with Crippen molar-refractivity contribution >= 4 is 0 Å². The number of nitrogens with zero attached hydrogens (tertiary/aromatic N) is 5. The second-order valence-corrected chi connectivity index (χ2v) is 0. The van der Waals surface area contributed by atoms with E-state index >= 15 is 0 Å². The van der Waals surface area contributed by atoms with Gasteiger partial charge in [0.2, 0.25) is 0 Å². The molecule has 59 valence electrons. The molecule has 1 radical (unpaired) electrons. The molecule has 0 saturated carbocycles. The minimum absolute atomic E-state index is 0. The van der Waals surface area contributed by atoms with Crippen molar-refractivity contribution < 1.29 is 71.5 Å². The maximum atomic E-state index is 6.25. The SMILES string of the molecule is [C-]#N.[C-]#N.[C-]#N.[C-]#N.[C-]#N.[Ir].[K+]. The van der Waals surface area contributed by atoms with Crippen molar-refractivity contribution in [3.8, 4) is 0 Å². The molecule has 0 fully saturated rings. The molecule has 0 amide bonds. The third-order valence-electron chi connectivity index (χ3n) is 0. The van der Waals surface area contributed by atoms with Crippen LogP contribution in [0.25, 0.3) is 0 Å². The molecular weight excluding hydrogens is 361 g/mol. The molecule has 0 unspecified atom stereocenters. The van der Waals surface area contributed by atoms with Gasteiger partial charge in [0.15, 0.2) is 0 Å². The van der Waals surface area contributed by atoms with E-state index in [2.05, 4.69) is 0 Å². The van der Waals surface area contributed by atoms with E-state index in [1.54, 1.807) is 0 Å². The van der Waals surface area contributed by atoms with Crippen molar-refractivity contribution in [2.75, 3.05) is 0 Å². The molecule has 0 bridgehead atoms. The summed E-state index contributed by atoms with van der Waals surface area (Å²) in [5.74, 6) is 0. The molecule has 0 rings (SSSR count). The molecule has 0 N–H and O–H groups in total. The topological polar surface area (TPSA) is 119 Å². The first-order chi connectivity index (χ1) is 5.00. The van der Waals surface area contributed by atoms with E-state index in [1.165, 1.54) is 0 Å². The average molecular weight is 361 g/mol. The summed E-state index contributed by atoms with van der Waals surface area (Å²) >= 11 is 0. The van der Waals surface area contributed by atoms with E-state index in [4.69, 9.17) is 59.2 Å². The molecule has 0 saturated heterocycles. The van der Waals surface area contributed by atoms with E-state index in [1.807, 2.05) is 0 Å². The maximum absolute atomic E-state index is 6.25. The van der Waals surface area contributed by atoms with Crippen LogP contribution in [0.4, 0.5) is 0 Å². The van der Waals surface area contributed by atoms with Gasteiger partial charge >= 0.3 is 51.4 Å². The Morgan fingerprint density at radius 2 is 0.417 bits per heavy atom. The Labute approximate surface area is 129 Å². The normalized spacial score (nSPS) is 0.833. The van der Waals surface area contributed by atoms with Crippen molar-refractivity contribution in [1.82, 2.24) is 0 Å². The molecule has 0 aromatic carbocycles. The fourth-order valence-corrected chi connectivity index (χ4v) is 0. The Morgan fingerprint density at radius 3 is 0.417 bits per heavy atom. The summed E-state index contributed by atoms with van der Waals surface area (Å²) in [5, 5.41) is 31.2. The minimum atomic E-state index is 0. The maximum Gasteiger partial charge on any atom is 1.00 e. The smallest absolute Gasteiger partial charge is 0.512 e. The predicted octanol–water partition coefficient (Wildman–Crippen LogP) is -2.52. The molecule has 0 aliphatic carbocycles. The van der Waals surface area contributed by atoms with Crippen molar-refractivity contribution in [2.45, 2.75) is 0 Å². The van der Waals surface area contributed by atoms with Gasteiger partial charge in [-0.15, -0.1) is 0 Å². The molecule has 0 aromatic rings. The van der Waals surface area contributed by atoms with Crippen molar-refractivity contribution in [2.24, 2.45) is 0 Å². The summed E-state index contributed by atoms with van der Waals surface area (Å²) < 4.78 is 0. The van der Waals surface area contributed by atoms with Gasteiger partial charge in [-0.25, -0.2) is 0 Å². The fourth-order valence-electron chi connectivity index (χ4n) is 0. The second kappa shape index (κ2) is 14600. The Morgan fingerprint density at radius 1 is 0.417 bits per heavy atom. The Balaban J connectivity index is -0.00000000500. The van der Waals surface area contributed by atoms with Crippen LogP contribution in [-0.4, -0.2) is 0 Å². The first kappa shape index (κ1) is 60.3. The van der Waals surface area contributed by atoms with E-state index in [9.17, 15) is 0 Å². The molecule has 0 heterocycles. The number of hydrogen-bond donors (Lipinski definition) is 0. The zero-order valence-electron chi connectivity index (χ0n) is 6.07. The van der Waals surface area contributed by atoms with Crippen LogP contribution < -0.4 is 51.4 Å². The van der Waals surface area contributed by atoms with Crippen LogP contribution in [0, 0.1) is 59.2 Å². The molecule has 5 nitrogen and oxygen atoms in total. The van der Waals surface area contributed by atoms with Crippen LogP contribution in [0.2, 0.25) is 0 Å². The zero-order valence-corrected chi connectivity index (χ0v) is 11.6. The molecule has 12 heavy (non-hydrogen) atoms. The minimum Gasteiger partial charge on any atom is -0.512 e. The Hall–Kier alpha value is -0.264. The van der Waals surface area contributed by atoms with E-state index in [0.717, 1.165) is 0 Å². The van der Waals surface area contributed by atoms with Gasteiger partial charge in [-0.05, 0) is 0 Å². The molecule has 0 spiro atoms. The third-order valence-corrected chi connectivity index (χ3v) is 0. The standard InChI is InChI=1S/5CN.Ir.K/c5*1-2;;/q5*-1;;+1. The third kappa shape index (κ3) is 10600. The first-order valence-corrected chi connectivity index (χ1v) is 1.12. The predicted molar refractivity (Wildman–Crippen MR) is 24.8 cm³/mol. The number of rotatable bonds is 0. The summed E-state index contributed by atoms with van der Waals surface area (Å²) in [6, 6.07) is 0. The zero-order chi connectivity index (χ0) is 10.0. The molecule has 0 atom stereocenters. The van der Waals surface area contributed by atoms with Crippen molar-refractivity contribution in [3.63, 3.8) is 0 Å². The molecule has 0 aromatic heterocycles. The largest absolute Gasteiger partial charge is 1.00 e. The molecule has 0 aliphatic heterocycles. The van der Waals surface area contributed by atoms with Gasteiger partial charge in [0.1, 0.15) is 0 Å². The monoisotopic (exact) mass is 362 g/mol. The summed E-state index contributed by atoms with van der Waals surface area (Å²) in [6.45, 7) is 23.8. The Kier molecular flexibility index (Phi) is 73200. The van der Waals surface area contributed by atoms with Gasteiger partial charge < -0.3 is 59.2 Å². The van der Waals surface area contributed by atoms with Crippen LogP contribution in [0.3, 0.4) is 0 Å². The van der Waals surface area contributed by atoms with Gasteiger partial charge in [-0.3, -0.25) is 0 Å². The Bertz CT molecular complexity index is 78.4. The van der Waals surface area contributed by atoms with E-state index in [0.29, 0.717) is 0 Å².